The smallest absolute Gasteiger partial charge is 0.416 e. The number of hydrogen-bond donors (Lipinski definition) is 1. The number of aliphatic carboxylic acids is 1. The van der Waals surface area contributed by atoms with Crippen LogP contribution in [-0.2, 0) is 11.0 Å². The molecule has 1 aromatic carbocycles. The van der Waals surface area contributed by atoms with Gasteiger partial charge in [-0.25, -0.2) is 0 Å². The van der Waals surface area contributed by atoms with E-state index in [2.05, 4.69) is 0 Å². The fourth-order valence-corrected chi connectivity index (χ4v) is 2.80. The van der Waals surface area contributed by atoms with Crippen LogP contribution in [-0.4, -0.2) is 24.2 Å². The van der Waals surface area contributed by atoms with E-state index in [1.807, 2.05) is 6.92 Å². The number of alkyl halides is 3. The lowest BCUT2D eigenvalue weighted by Crippen LogP contribution is -2.42. The summed E-state index contributed by atoms with van der Waals surface area (Å²) in [6.45, 7) is 2.60. The largest absolute Gasteiger partial charge is 0.481 e. The van der Waals surface area contributed by atoms with Gasteiger partial charge >= 0.3 is 12.1 Å². The third kappa shape index (κ3) is 3.32. The van der Waals surface area contributed by atoms with Crippen LogP contribution in [0.5, 0.6) is 0 Å². The van der Waals surface area contributed by atoms with Crippen molar-refractivity contribution in [3.63, 3.8) is 0 Å². The summed E-state index contributed by atoms with van der Waals surface area (Å²) in [4.78, 5) is 12.9. The molecule has 1 aliphatic rings. The Hall–Kier alpha value is -2.23. The average molecular weight is 312 g/mol. The Balaban J connectivity index is 2.36. The van der Waals surface area contributed by atoms with E-state index in [9.17, 15) is 18.0 Å². The van der Waals surface area contributed by atoms with E-state index in [0.717, 1.165) is 12.1 Å². The maximum Gasteiger partial charge on any atom is 0.416 e. The number of anilines is 1. The molecule has 4 nitrogen and oxygen atoms in total. The molecule has 22 heavy (non-hydrogen) atoms. The third-order valence-electron chi connectivity index (χ3n) is 3.79. The molecule has 2 rings (SSSR count). The normalized spacial score (nSPS) is 22.2. The molecule has 0 aliphatic carbocycles. The van der Waals surface area contributed by atoms with Crippen molar-refractivity contribution in [2.45, 2.75) is 19.5 Å². The van der Waals surface area contributed by atoms with Crippen molar-refractivity contribution in [1.29, 1.82) is 5.26 Å². The molecule has 0 spiro atoms. The average Bonchev–Trinajstić information content (AvgIpc) is 2.44. The maximum absolute atomic E-state index is 12.7. The van der Waals surface area contributed by atoms with Crippen LogP contribution in [0.1, 0.15) is 24.5 Å². The predicted molar refractivity (Wildman–Crippen MR) is 73.3 cm³/mol. The molecule has 1 heterocycles. The Labute approximate surface area is 125 Å². The highest BCUT2D eigenvalue weighted by Crippen LogP contribution is 2.34. The van der Waals surface area contributed by atoms with Crippen molar-refractivity contribution in [2.24, 2.45) is 11.8 Å². The minimum atomic E-state index is -4.51. The number of hydrogen-bond acceptors (Lipinski definition) is 3. The van der Waals surface area contributed by atoms with Crippen LogP contribution in [0.15, 0.2) is 18.2 Å². The van der Waals surface area contributed by atoms with Gasteiger partial charge in [-0.2, -0.15) is 18.4 Å². The minimum Gasteiger partial charge on any atom is -0.481 e. The van der Waals surface area contributed by atoms with E-state index in [0.29, 0.717) is 18.7 Å². The van der Waals surface area contributed by atoms with E-state index < -0.39 is 23.6 Å². The summed E-state index contributed by atoms with van der Waals surface area (Å²) in [7, 11) is 0. The fraction of sp³-hybridized carbons (Fsp3) is 0.467. The number of carboxylic acids is 1. The number of nitrogens with zero attached hydrogens (tertiary/aromatic N) is 2. The van der Waals surface area contributed by atoms with E-state index in [-0.39, 0.29) is 18.0 Å². The number of rotatable bonds is 2. The molecule has 118 valence electrons. The zero-order valence-electron chi connectivity index (χ0n) is 11.9. The lowest BCUT2D eigenvalue weighted by atomic mass is 9.89. The standard InChI is InChI=1S/C15H15F3N2O2/c1-9-4-11(14(21)22)8-20(7-9)13-3-2-12(15(16,17)18)5-10(13)6-19/h2-3,5,9,11H,4,7-8H2,1H3,(H,21,22). The Morgan fingerprint density at radius 3 is 2.64 bits per heavy atom. The Morgan fingerprint density at radius 2 is 2.09 bits per heavy atom. The lowest BCUT2D eigenvalue weighted by molar-refractivity contribution is -0.142. The van der Waals surface area contributed by atoms with Crippen LogP contribution in [0.25, 0.3) is 0 Å². The summed E-state index contributed by atoms with van der Waals surface area (Å²) in [6, 6.07) is 4.76. The zero-order valence-corrected chi connectivity index (χ0v) is 11.9. The van der Waals surface area contributed by atoms with E-state index in [1.54, 1.807) is 11.0 Å². The van der Waals surface area contributed by atoms with Gasteiger partial charge in [0.2, 0.25) is 0 Å². The van der Waals surface area contributed by atoms with Gasteiger partial charge < -0.3 is 10.0 Å². The van der Waals surface area contributed by atoms with Gasteiger partial charge in [-0.1, -0.05) is 6.92 Å². The molecule has 1 aromatic rings. The molecular formula is C15H15F3N2O2. The first kappa shape index (κ1) is 16.1. The summed E-state index contributed by atoms with van der Waals surface area (Å²) in [5.74, 6) is -1.43. The molecule has 2 unspecified atom stereocenters. The van der Waals surface area contributed by atoms with Gasteiger partial charge in [0.25, 0.3) is 0 Å². The fourth-order valence-electron chi connectivity index (χ4n) is 2.80. The number of carboxylic acid groups (broad SMARTS) is 1. The zero-order chi connectivity index (χ0) is 16.5. The van der Waals surface area contributed by atoms with Crippen molar-refractivity contribution in [1.82, 2.24) is 0 Å². The Morgan fingerprint density at radius 1 is 1.41 bits per heavy atom. The second-order valence-corrected chi connectivity index (χ2v) is 5.62. The van der Waals surface area contributed by atoms with Crippen LogP contribution in [0.4, 0.5) is 18.9 Å². The van der Waals surface area contributed by atoms with Crippen LogP contribution in [0.2, 0.25) is 0 Å². The van der Waals surface area contributed by atoms with Crippen molar-refractivity contribution in [2.75, 3.05) is 18.0 Å². The first-order valence-corrected chi connectivity index (χ1v) is 6.81. The number of nitriles is 1. The molecule has 0 aromatic heterocycles. The van der Waals surface area contributed by atoms with Gasteiger partial charge in [-0.15, -0.1) is 0 Å². The predicted octanol–water partition coefficient (Wildman–Crippen LogP) is 3.12. The second-order valence-electron chi connectivity index (χ2n) is 5.62. The van der Waals surface area contributed by atoms with Gasteiger partial charge in [0.1, 0.15) is 6.07 Å². The van der Waals surface area contributed by atoms with Crippen LogP contribution >= 0.6 is 0 Å². The minimum absolute atomic E-state index is 0.0867. The highest BCUT2D eigenvalue weighted by molar-refractivity contribution is 5.72. The van der Waals surface area contributed by atoms with Crippen LogP contribution in [0.3, 0.4) is 0 Å². The molecule has 1 aliphatic heterocycles. The van der Waals surface area contributed by atoms with Crippen molar-refractivity contribution in [3.05, 3.63) is 29.3 Å². The SMILES string of the molecule is CC1CC(C(=O)O)CN(c2ccc(C(F)(F)F)cc2C#N)C1. The third-order valence-corrected chi connectivity index (χ3v) is 3.79. The van der Waals surface area contributed by atoms with Crippen molar-refractivity contribution >= 4 is 11.7 Å². The Bertz CT molecular complexity index is 622. The van der Waals surface area contributed by atoms with Crippen molar-refractivity contribution in [3.8, 4) is 6.07 Å². The monoisotopic (exact) mass is 312 g/mol. The van der Waals surface area contributed by atoms with E-state index in [4.69, 9.17) is 10.4 Å². The van der Waals surface area contributed by atoms with Gasteiger partial charge in [0.05, 0.1) is 22.7 Å². The second kappa shape index (κ2) is 5.87. The molecule has 1 saturated heterocycles. The topological polar surface area (TPSA) is 64.3 Å². The number of carbonyl (C=O) groups is 1. The quantitative estimate of drug-likeness (QED) is 0.911. The summed E-state index contributed by atoms with van der Waals surface area (Å²) in [5.41, 5.74) is -0.617. The highest BCUT2D eigenvalue weighted by atomic mass is 19.4. The van der Waals surface area contributed by atoms with Gasteiger partial charge in [-0.05, 0) is 30.5 Å². The lowest BCUT2D eigenvalue weighted by Gasteiger charge is -2.36. The molecule has 0 amide bonds. The summed E-state index contributed by atoms with van der Waals surface area (Å²) >= 11 is 0. The first-order chi connectivity index (χ1) is 10.2. The Kier molecular flexibility index (Phi) is 4.31. The molecule has 7 heteroatoms. The molecular weight excluding hydrogens is 297 g/mol. The molecule has 0 radical (unpaired) electrons. The molecule has 2 atom stereocenters. The summed E-state index contributed by atoms with van der Waals surface area (Å²) in [6.07, 6.45) is -3.99. The molecule has 0 saturated carbocycles. The van der Waals surface area contributed by atoms with E-state index >= 15 is 0 Å². The van der Waals surface area contributed by atoms with Crippen LogP contribution < -0.4 is 4.90 Å². The van der Waals surface area contributed by atoms with Crippen molar-refractivity contribution < 1.29 is 23.1 Å². The maximum atomic E-state index is 12.7. The first-order valence-electron chi connectivity index (χ1n) is 6.81. The highest BCUT2D eigenvalue weighted by Gasteiger charge is 2.33. The summed E-state index contributed by atoms with van der Waals surface area (Å²) < 4.78 is 38.1. The number of halogens is 3. The van der Waals surface area contributed by atoms with E-state index in [1.165, 1.54) is 6.07 Å². The van der Waals surface area contributed by atoms with Gasteiger partial charge in [-0.3, -0.25) is 4.79 Å². The van der Waals surface area contributed by atoms with Crippen LogP contribution in [0, 0.1) is 23.2 Å². The summed E-state index contributed by atoms with van der Waals surface area (Å²) in [5, 5.41) is 18.3. The molecule has 1 N–H and O–H groups in total. The van der Waals surface area contributed by atoms with Gasteiger partial charge in [0, 0.05) is 13.1 Å². The number of piperidine rings is 1. The molecule has 1 fully saturated rings. The van der Waals surface area contributed by atoms with Gasteiger partial charge in [0.15, 0.2) is 0 Å². The molecule has 0 bridgehead atoms. The number of benzene rings is 1.